The van der Waals surface area contributed by atoms with Crippen LogP contribution in [-0.2, 0) is 5.41 Å². The van der Waals surface area contributed by atoms with Crippen molar-refractivity contribution in [2.24, 2.45) is 0 Å². The van der Waals surface area contributed by atoms with Gasteiger partial charge in [0.05, 0.1) is 5.69 Å². The van der Waals surface area contributed by atoms with Gasteiger partial charge in [0.1, 0.15) is 5.82 Å². The van der Waals surface area contributed by atoms with Gasteiger partial charge < -0.3 is 10.6 Å². The minimum atomic E-state index is -0.384. The van der Waals surface area contributed by atoms with E-state index in [0.29, 0.717) is 12.2 Å². The smallest absolute Gasteiger partial charge is 0.280 e. The lowest BCUT2D eigenvalue weighted by Crippen LogP contribution is -2.36. The van der Waals surface area contributed by atoms with E-state index in [0.717, 1.165) is 31.2 Å². The van der Waals surface area contributed by atoms with Crippen LogP contribution in [0.4, 0.5) is 15.9 Å². The standard InChI is InChI=1S/C17H17FN4O/c18-12-5-3-4-11-14(12)22(10-17(11)6-1-2-7-17)16(23)13-15(19)21-9-8-20-13/h3-5,8-9H,1-2,6-7,10H2,(H2,19,21). The normalized spacial score (nSPS) is 18.4. The van der Waals surface area contributed by atoms with Crippen molar-refractivity contribution in [2.45, 2.75) is 31.1 Å². The zero-order valence-electron chi connectivity index (χ0n) is 12.6. The number of carbonyl (C=O) groups is 1. The molecule has 2 aromatic rings. The third-order valence-electron chi connectivity index (χ3n) is 5.02. The second-order valence-corrected chi connectivity index (χ2v) is 6.30. The summed E-state index contributed by atoms with van der Waals surface area (Å²) in [5.41, 5.74) is 7.04. The number of carbonyl (C=O) groups excluding carboxylic acids is 1. The summed E-state index contributed by atoms with van der Waals surface area (Å²) in [4.78, 5) is 22.3. The molecular weight excluding hydrogens is 295 g/mol. The number of amides is 1. The number of nitrogens with zero attached hydrogens (tertiary/aromatic N) is 3. The van der Waals surface area contributed by atoms with Gasteiger partial charge in [0.15, 0.2) is 11.5 Å². The van der Waals surface area contributed by atoms with E-state index >= 15 is 0 Å². The van der Waals surface area contributed by atoms with Crippen LogP contribution in [0.5, 0.6) is 0 Å². The van der Waals surface area contributed by atoms with Crippen LogP contribution < -0.4 is 10.6 Å². The van der Waals surface area contributed by atoms with E-state index in [-0.39, 0.29) is 28.7 Å². The van der Waals surface area contributed by atoms with Crippen molar-refractivity contribution >= 4 is 17.4 Å². The first-order valence-electron chi connectivity index (χ1n) is 7.80. The fourth-order valence-corrected chi connectivity index (χ4v) is 3.98. The molecule has 0 atom stereocenters. The van der Waals surface area contributed by atoms with Gasteiger partial charge in [0.2, 0.25) is 0 Å². The lowest BCUT2D eigenvalue weighted by atomic mass is 9.81. The molecule has 1 aliphatic carbocycles. The first-order valence-corrected chi connectivity index (χ1v) is 7.80. The molecule has 1 aliphatic heterocycles. The summed E-state index contributed by atoms with van der Waals surface area (Å²) in [6.07, 6.45) is 7.01. The van der Waals surface area contributed by atoms with Crippen molar-refractivity contribution in [1.82, 2.24) is 9.97 Å². The SMILES string of the molecule is Nc1nccnc1C(=O)N1CC2(CCCC2)c2cccc(F)c21. The Balaban J connectivity index is 1.83. The molecule has 0 saturated heterocycles. The van der Waals surface area contributed by atoms with Crippen molar-refractivity contribution in [3.8, 4) is 0 Å². The molecule has 0 radical (unpaired) electrons. The first kappa shape index (κ1) is 14.1. The highest BCUT2D eigenvalue weighted by molar-refractivity contribution is 6.09. The van der Waals surface area contributed by atoms with E-state index in [4.69, 9.17) is 5.73 Å². The minimum absolute atomic E-state index is 0.0720. The van der Waals surface area contributed by atoms with Crippen LogP contribution in [0, 0.1) is 5.82 Å². The summed E-state index contributed by atoms with van der Waals surface area (Å²) in [6.45, 7) is 0.484. The van der Waals surface area contributed by atoms with E-state index in [9.17, 15) is 9.18 Å². The molecule has 2 heterocycles. The van der Waals surface area contributed by atoms with Crippen LogP contribution in [0.1, 0.15) is 41.7 Å². The summed E-state index contributed by atoms with van der Waals surface area (Å²) < 4.78 is 14.5. The van der Waals surface area contributed by atoms with Gasteiger partial charge in [-0.1, -0.05) is 25.0 Å². The van der Waals surface area contributed by atoms with Crippen molar-refractivity contribution < 1.29 is 9.18 Å². The van der Waals surface area contributed by atoms with Crippen LogP contribution in [0.2, 0.25) is 0 Å². The highest BCUT2D eigenvalue weighted by Gasteiger charge is 2.47. The highest BCUT2D eigenvalue weighted by atomic mass is 19.1. The summed E-state index contributed by atoms with van der Waals surface area (Å²) >= 11 is 0. The minimum Gasteiger partial charge on any atom is -0.382 e. The molecule has 0 unspecified atom stereocenters. The maximum Gasteiger partial charge on any atom is 0.280 e. The molecule has 1 spiro atoms. The summed E-state index contributed by atoms with van der Waals surface area (Å²) in [5.74, 6) is -0.685. The fraction of sp³-hybridized carbons (Fsp3) is 0.353. The molecule has 5 nitrogen and oxygen atoms in total. The molecule has 23 heavy (non-hydrogen) atoms. The van der Waals surface area contributed by atoms with E-state index < -0.39 is 0 Å². The average molecular weight is 312 g/mol. The van der Waals surface area contributed by atoms with Crippen LogP contribution in [-0.4, -0.2) is 22.4 Å². The second-order valence-electron chi connectivity index (χ2n) is 6.30. The number of rotatable bonds is 1. The summed E-state index contributed by atoms with van der Waals surface area (Å²) in [6, 6.07) is 5.06. The predicted octanol–water partition coefficient (Wildman–Crippen LogP) is 2.67. The van der Waals surface area contributed by atoms with Crippen LogP contribution in [0.25, 0.3) is 0 Å². The number of halogens is 1. The summed E-state index contributed by atoms with van der Waals surface area (Å²) in [7, 11) is 0. The molecule has 2 N–H and O–H groups in total. The zero-order valence-corrected chi connectivity index (χ0v) is 12.6. The van der Waals surface area contributed by atoms with Crippen molar-refractivity contribution in [1.29, 1.82) is 0 Å². The van der Waals surface area contributed by atoms with Crippen molar-refractivity contribution in [3.63, 3.8) is 0 Å². The molecule has 1 amide bonds. The molecule has 1 aromatic carbocycles. The van der Waals surface area contributed by atoms with Gasteiger partial charge in [-0.25, -0.2) is 14.4 Å². The van der Waals surface area contributed by atoms with E-state index in [2.05, 4.69) is 9.97 Å². The van der Waals surface area contributed by atoms with E-state index in [1.165, 1.54) is 23.4 Å². The lowest BCUT2D eigenvalue weighted by molar-refractivity contribution is 0.0980. The van der Waals surface area contributed by atoms with Gasteiger partial charge in [-0.3, -0.25) is 4.79 Å². The van der Waals surface area contributed by atoms with Gasteiger partial charge in [0, 0.05) is 24.4 Å². The molecule has 1 saturated carbocycles. The molecule has 4 rings (SSSR count). The fourth-order valence-electron chi connectivity index (χ4n) is 3.98. The second kappa shape index (κ2) is 5.01. The number of para-hydroxylation sites is 1. The number of fused-ring (bicyclic) bond motifs is 2. The number of nitrogens with two attached hydrogens (primary N) is 1. The van der Waals surface area contributed by atoms with Gasteiger partial charge in [0.25, 0.3) is 5.91 Å². The topological polar surface area (TPSA) is 72.1 Å². The van der Waals surface area contributed by atoms with Gasteiger partial charge in [-0.05, 0) is 24.5 Å². The van der Waals surface area contributed by atoms with Crippen molar-refractivity contribution in [2.75, 3.05) is 17.2 Å². The van der Waals surface area contributed by atoms with Crippen LogP contribution in [0.15, 0.2) is 30.6 Å². The van der Waals surface area contributed by atoms with Gasteiger partial charge in [-0.2, -0.15) is 0 Å². The quantitative estimate of drug-likeness (QED) is 0.878. The number of hydrogen-bond acceptors (Lipinski definition) is 4. The molecule has 1 aromatic heterocycles. The Labute approximate surface area is 133 Å². The Morgan fingerprint density at radius 1 is 1.22 bits per heavy atom. The Hall–Kier alpha value is -2.50. The first-order chi connectivity index (χ1) is 11.1. The Morgan fingerprint density at radius 2 is 1.96 bits per heavy atom. The lowest BCUT2D eigenvalue weighted by Gasteiger charge is -2.24. The molecule has 118 valence electrons. The average Bonchev–Trinajstić information content (AvgIpc) is 3.15. The Morgan fingerprint density at radius 3 is 2.70 bits per heavy atom. The van der Waals surface area contributed by atoms with Crippen molar-refractivity contribution in [3.05, 3.63) is 47.7 Å². The van der Waals surface area contributed by atoms with Gasteiger partial charge >= 0.3 is 0 Å². The number of benzene rings is 1. The summed E-state index contributed by atoms with van der Waals surface area (Å²) in [5, 5.41) is 0. The maximum absolute atomic E-state index is 14.5. The zero-order chi connectivity index (χ0) is 16.0. The number of anilines is 2. The Bertz CT molecular complexity index is 786. The highest BCUT2D eigenvalue weighted by Crippen LogP contribution is 2.51. The van der Waals surface area contributed by atoms with Crippen LogP contribution in [0.3, 0.4) is 0 Å². The number of aromatic nitrogens is 2. The van der Waals surface area contributed by atoms with E-state index in [1.54, 1.807) is 6.07 Å². The Kier molecular flexibility index (Phi) is 3.07. The number of nitrogen functional groups attached to an aromatic ring is 1. The number of hydrogen-bond donors (Lipinski definition) is 1. The van der Waals surface area contributed by atoms with Gasteiger partial charge in [-0.15, -0.1) is 0 Å². The predicted molar refractivity (Wildman–Crippen MR) is 84.7 cm³/mol. The largest absolute Gasteiger partial charge is 0.382 e. The maximum atomic E-state index is 14.5. The molecule has 2 aliphatic rings. The molecule has 0 bridgehead atoms. The molecule has 1 fully saturated rings. The van der Waals surface area contributed by atoms with Crippen LogP contribution >= 0.6 is 0 Å². The molecule has 6 heteroatoms. The third kappa shape index (κ3) is 2.01. The monoisotopic (exact) mass is 312 g/mol. The third-order valence-corrected chi connectivity index (χ3v) is 5.02. The molecular formula is C17H17FN4O. The van der Waals surface area contributed by atoms with E-state index in [1.807, 2.05) is 6.07 Å².